The standard InChI is InChI=1S/C38H44P/c1-2-3-4-5-6-19-28-39-37(33-24-15-9-16-25-33)30-35(32-22-13-8-14-23-32)36(29-31-20-11-7-12-21-31)38(39)34-26-17-10-18-27-34/h7-18,20-27,35-37H,2-6,19,28-30H2,1H3. The van der Waals surface area contributed by atoms with E-state index in [9.17, 15) is 0 Å². The summed E-state index contributed by atoms with van der Waals surface area (Å²) in [5.41, 5.74) is 6.59. The van der Waals surface area contributed by atoms with Crippen LogP contribution < -0.4 is 0 Å². The second kappa shape index (κ2) is 14.4. The minimum absolute atomic E-state index is 0.311. The summed E-state index contributed by atoms with van der Waals surface area (Å²) in [6, 6.07) is 45.6. The zero-order valence-electron chi connectivity index (χ0n) is 23.6. The van der Waals surface area contributed by atoms with E-state index in [1.54, 1.807) is 10.9 Å². The minimum atomic E-state index is -0.311. The molecule has 0 nitrogen and oxygen atoms in total. The highest BCUT2D eigenvalue weighted by Gasteiger charge is 2.38. The van der Waals surface area contributed by atoms with Crippen molar-refractivity contribution in [3.8, 4) is 0 Å². The predicted octanol–water partition coefficient (Wildman–Crippen LogP) is 10.8. The van der Waals surface area contributed by atoms with Crippen molar-refractivity contribution in [1.29, 1.82) is 0 Å². The molecule has 5 rings (SSSR count). The molecule has 4 atom stereocenters. The maximum absolute atomic E-state index is 2.41. The van der Waals surface area contributed by atoms with Crippen LogP contribution in [0.1, 0.15) is 85.7 Å². The van der Waals surface area contributed by atoms with Gasteiger partial charge in [0.2, 0.25) is 0 Å². The summed E-state index contributed by atoms with van der Waals surface area (Å²) in [6.07, 6.45) is 11.9. The Labute approximate surface area is 237 Å². The first kappa shape index (κ1) is 27.6. The van der Waals surface area contributed by atoms with Crippen LogP contribution in [-0.4, -0.2) is 11.5 Å². The molecule has 4 unspecified atom stereocenters. The van der Waals surface area contributed by atoms with Crippen LogP contribution in [-0.2, 0) is 6.42 Å². The quantitative estimate of drug-likeness (QED) is 0.126. The van der Waals surface area contributed by atoms with E-state index in [4.69, 9.17) is 0 Å². The molecule has 4 aromatic rings. The molecule has 0 N–H and O–H groups in total. The highest BCUT2D eigenvalue weighted by molar-refractivity contribution is 7.60. The molecule has 1 heteroatoms. The molecule has 1 aliphatic rings. The third kappa shape index (κ3) is 7.17. The third-order valence-electron chi connectivity index (χ3n) is 8.53. The maximum atomic E-state index is 2.41. The lowest BCUT2D eigenvalue weighted by Crippen LogP contribution is -2.31. The van der Waals surface area contributed by atoms with Crippen molar-refractivity contribution in [3.05, 3.63) is 144 Å². The topological polar surface area (TPSA) is 0 Å². The van der Waals surface area contributed by atoms with Gasteiger partial charge >= 0.3 is 0 Å². The Kier molecular flexibility index (Phi) is 10.2. The molecule has 1 heterocycles. The molecule has 0 saturated heterocycles. The molecule has 4 aromatic carbocycles. The monoisotopic (exact) mass is 531 g/mol. The highest BCUT2D eigenvalue weighted by atomic mass is 31.1. The molecule has 1 aliphatic heterocycles. The van der Waals surface area contributed by atoms with Crippen LogP contribution in [0.15, 0.2) is 121 Å². The van der Waals surface area contributed by atoms with E-state index < -0.39 is 0 Å². The van der Waals surface area contributed by atoms with Crippen molar-refractivity contribution in [3.63, 3.8) is 0 Å². The molecule has 201 valence electrons. The summed E-state index contributed by atoms with van der Waals surface area (Å²) < 4.78 is 0. The van der Waals surface area contributed by atoms with E-state index >= 15 is 0 Å². The summed E-state index contributed by atoms with van der Waals surface area (Å²) in [6.45, 7) is 2.31. The van der Waals surface area contributed by atoms with Gasteiger partial charge in [-0.15, -0.1) is 7.55 Å². The molecular formula is C38H44P. The van der Waals surface area contributed by atoms with Crippen molar-refractivity contribution in [2.24, 2.45) is 5.92 Å². The average molecular weight is 532 g/mol. The third-order valence-corrected chi connectivity index (χ3v) is 11.8. The van der Waals surface area contributed by atoms with Gasteiger partial charge in [-0.1, -0.05) is 160 Å². The van der Waals surface area contributed by atoms with E-state index in [0.717, 1.165) is 6.42 Å². The van der Waals surface area contributed by atoms with Crippen molar-refractivity contribution in [2.45, 2.75) is 69.9 Å². The van der Waals surface area contributed by atoms with Crippen molar-refractivity contribution in [1.82, 2.24) is 0 Å². The van der Waals surface area contributed by atoms with Gasteiger partial charge in [-0.25, -0.2) is 0 Å². The van der Waals surface area contributed by atoms with Gasteiger partial charge in [-0.2, -0.15) is 0 Å². The molecule has 39 heavy (non-hydrogen) atoms. The Morgan fingerprint density at radius 2 is 1.13 bits per heavy atom. The van der Waals surface area contributed by atoms with E-state index in [-0.39, 0.29) is 7.55 Å². The summed E-state index contributed by atoms with van der Waals surface area (Å²) in [5.74, 6) is 1.03. The highest BCUT2D eigenvalue weighted by Crippen LogP contribution is 2.58. The van der Waals surface area contributed by atoms with Gasteiger partial charge in [-0.3, -0.25) is 0 Å². The van der Waals surface area contributed by atoms with Crippen LogP contribution in [0, 0.1) is 5.92 Å². The van der Waals surface area contributed by atoms with Crippen LogP contribution in [0.3, 0.4) is 0 Å². The number of unbranched alkanes of at least 4 members (excludes halogenated alkanes) is 5. The summed E-state index contributed by atoms with van der Waals surface area (Å²) in [5, 5.41) is 1.76. The Morgan fingerprint density at radius 3 is 1.77 bits per heavy atom. The van der Waals surface area contributed by atoms with Gasteiger partial charge in [0.15, 0.2) is 0 Å². The van der Waals surface area contributed by atoms with Crippen LogP contribution >= 0.6 is 7.55 Å². The lowest BCUT2D eigenvalue weighted by molar-refractivity contribution is 0.488. The molecule has 0 amide bonds. The fraction of sp³-hybridized carbons (Fsp3) is 0.342. The molecule has 0 aliphatic carbocycles. The number of hydrogen-bond donors (Lipinski definition) is 0. The van der Waals surface area contributed by atoms with Gasteiger partial charge in [0, 0.05) is 5.66 Å². The molecule has 0 spiro atoms. The minimum Gasteiger partial charge on any atom is -0.137 e. The van der Waals surface area contributed by atoms with Crippen molar-refractivity contribution >= 4 is 12.8 Å². The molecule has 0 fully saturated rings. The molecule has 0 aromatic heterocycles. The largest absolute Gasteiger partial charge is 0.137 e. The summed E-state index contributed by atoms with van der Waals surface area (Å²) in [4.78, 5) is 0. The first-order chi connectivity index (χ1) is 19.3. The van der Waals surface area contributed by atoms with Crippen LogP contribution in [0.2, 0.25) is 0 Å². The van der Waals surface area contributed by atoms with Gasteiger partial charge in [0.05, 0.1) is 0 Å². The molecule has 0 saturated carbocycles. The smallest absolute Gasteiger partial charge is 0.0197 e. The number of rotatable bonds is 12. The van der Waals surface area contributed by atoms with Gasteiger partial charge in [-0.05, 0) is 64.8 Å². The lowest BCUT2D eigenvalue weighted by Gasteiger charge is -2.42. The van der Waals surface area contributed by atoms with Gasteiger partial charge in [0.25, 0.3) is 0 Å². The maximum Gasteiger partial charge on any atom is 0.0197 e. The first-order valence-electron chi connectivity index (χ1n) is 15.2. The van der Waals surface area contributed by atoms with Crippen LogP contribution in [0.5, 0.6) is 0 Å². The average Bonchev–Trinajstić information content (AvgIpc) is 3.01. The van der Waals surface area contributed by atoms with Crippen molar-refractivity contribution in [2.75, 3.05) is 6.16 Å². The van der Waals surface area contributed by atoms with E-state index in [2.05, 4.69) is 128 Å². The Bertz CT molecular complexity index is 1280. The van der Waals surface area contributed by atoms with E-state index in [0.29, 0.717) is 17.5 Å². The van der Waals surface area contributed by atoms with Gasteiger partial charge < -0.3 is 0 Å². The first-order valence-corrected chi connectivity index (χ1v) is 16.8. The Morgan fingerprint density at radius 1 is 0.590 bits per heavy atom. The summed E-state index contributed by atoms with van der Waals surface area (Å²) >= 11 is 0. The number of benzene rings is 4. The van der Waals surface area contributed by atoms with Gasteiger partial charge in [0.1, 0.15) is 0 Å². The van der Waals surface area contributed by atoms with Crippen LogP contribution in [0.4, 0.5) is 0 Å². The number of hydrogen-bond acceptors (Lipinski definition) is 0. The fourth-order valence-electron chi connectivity index (χ4n) is 6.60. The van der Waals surface area contributed by atoms with E-state index in [1.165, 1.54) is 67.8 Å². The van der Waals surface area contributed by atoms with Crippen LogP contribution in [0.25, 0.3) is 0 Å². The SMILES string of the molecule is CCCCCCCC[P]1=C(c2ccccc2)C(Cc2ccccc2)C(c2ccccc2)CC1c1ccccc1. The second-order valence-electron chi connectivity index (χ2n) is 11.2. The van der Waals surface area contributed by atoms with E-state index in [1.807, 2.05) is 0 Å². The Hall–Kier alpha value is -2.95. The fourth-order valence-corrected chi connectivity index (χ4v) is 10.2. The zero-order chi connectivity index (χ0) is 26.7. The second-order valence-corrected chi connectivity index (χ2v) is 13.7. The molecule has 0 bridgehead atoms. The molecule has 1 radical (unpaired) electrons. The normalized spacial score (nSPS) is 20.2. The Balaban J connectivity index is 1.63. The van der Waals surface area contributed by atoms with Crippen molar-refractivity contribution < 1.29 is 0 Å². The zero-order valence-corrected chi connectivity index (χ0v) is 24.5. The molecular weight excluding hydrogens is 487 g/mol. The lowest BCUT2D eigenvalue weighted by atomic mass is 9.75. The predicted molar refractivity (Wildman–Crippen MR) is 172 cm³/mol. The summed E-state index contributed by atoms with van der Waals surface area (Å²) in [7, 11) is -0.311.